The Bertz CT molecular complexity index is 560. The average molecular weight is 317 g/mol. The van der Waals surface area contributed by atoms with E-state index in [1.165, 1.54) is 0 Å². The van der Waals surface area contributed by atoms with Gasteiger partial charge in [0.25, 0.3) is 0 Å². The number of nitrogens with two attached hydrogens (primary N) is 2. The van der Waals surface area contributed by atoms with Gasteiger partial charge < -0.3 is 20.9 Å². The second-order valence-corrected chi connectivity index (χ2v) is 3.89. The van der Waals surface area contributed by atoms with Crippen LogP contribution in [-0.4, -0.2) is 14.2 Å². The molecule has 4 nitrogen and oxygen atoms in total. The maximum atomic E-state index is 5.85. The molecule has 0 bridgehead atoms. The van der Waals surface area contributed by atoms with E-state index in [1.54, 1.807) is 20.3 Å². The number of hydrogen-bond donors (Lipinski definition) is 2. The zero-order valence-electron chi connectivity index (χ0n) is 11.3. The molecule has 0 radical (unpaired) electrons. The van der Waals surface area contributed by atoms with Crippen molar-refractivity contribution in [1.82, 2.24) is 0 Å². The molecule has 6 heteroatoms. The number of methoxy groups -OCH3 is 2. The van der Waals surface area contributed by atoms with E-state index >= 15 is 0 Å². The van der Waals surface area contributed by atoms with Gasteiger partial charge in [-0.3, -0.25) is 0 Å². The van der Waals surface area contributed by atoms with Crippen molar-refractivity contribution in [2.45, 2.75) is 0 Å². The molecule has 0 spiro atoms. The lowest BCUT2D eigenvalue weighted by Gasteiger charge is -2.14. The van der Waals surface area contributed by atoms with Crippen molar-refractivity contribution in [3.8, 4) is 22.6 Å². The summed E-state index contributed by atoms with van der Waals surface area (Å²) in [6.45, 7) is 0. The molecule has 4 N–H and O–H groups in total. The first kappa shape index (κ1) is 18.2. The highest BCUT2D eigenvalue weighted by Crippen LogP contribution is 2.41. The van der Waals surface area contributed by atoms with Crippen molar-refractivity contribution in [2.75, 3.05) is 25.7 Å². The molecule has 0 saturated heterocycles. The monoisotopic (exact) mass is 316 g/mol. The first-order valence-corrected chi connectivity index (χ1v) is 5.53. The van der Waals surface area contributed by atoms with Gasteiger partial charge in [0.2, 0.25) is 0 Å². The standard InChI is InChI=1S/C14H16N2O2.2ClH/c1-17-13-11(7-8-12(16)14(13)18-2)9-3-5-10(15)6-4-9;;/h3-8H,15-16H2,1-2H3;2*1H. The molecule has 0 aliphatic heterocycles. The molecule has 0 atom stereocenters. The Morgan fingerprint density at radius 3 is 1.80 bits per heavy atom. The van der Waals surface area contributed by atoms with Crippen LogP contribution in [0.5, 0.6) is 11.5 Å². The van der Waals surface area contributed by atoms with Crippen molar-refractivity contribution in [3.63, 3.8) is 0 Å². The van der Waals surface area contributed by atoms with Crippen molar-refractivity contribution >= 4 is 36.2 Å². The Balaban J connectivity index is 0.00000180. The molecule has 0 aliphatic carbocycles. The van der Waals surface area contributed by atoms with Crippen molar-refractivity contribution in [1.29, 1.82) is 0 Å². The largest absolute Gasteiger partial charge is 0.492 e. The van der Waals surface area contributed by atoms with Crippen LogP contribution < -0.4 is 20.9 Å². The van der Waals surface area contributed by atoms with Gasteiger partial charge in [-0.25, -0.2) is 0 Å². The molecule has 0 aromatic heterocycles. The molecule has 0 heterocycles. The van der Waals surface area contributed by atoms with Gasteiger partial charge in [0.1, 0.15) is 0 Å². The lowest BCUT2D eigenvalue weighted by Crippen LogP contribution is -1.98. The first-order chi connectivity index (χ1) is 8.67. The molecule has 110 valence electrons. The van der Waals surface area contributed by atoms with Crippen molar-refractivity contribution < 1.29 is 9.47 Å². The summed E-state index contributed by atoms with van der Waals surface area (Å²) in [6, 6.07) is 11.3. The molecule has 0 aliphatic rings. The van der Waals surface area contributed by atoms with Gasteiger partial charge >= 0.3 is 0 Å². The lowest BCUT2D eigenvalue weighted by atomic mass is 10.0. The van der Waals surface area contributed by atoms with Crippen molar-refractivity contribution in [2.24, 2.45) is 0 Å². The van der Waals surface area contributed by atoms with Gasteiger partial charge in [-0.1, -0.05) is 12.1 Å². The predicted octanol–water partition coefficient (Wildman–Crippen LogP) is 3.38. The van der Waals surface area contributed by atoms with Crippen LogP contribution in [0.15, 0.2) is 36.4 Å². The molecule has 0 amide bonds. The second kappa shape index (κ2) is 7.72. The number of anilines is 2. The van der Waals surface area contributed by atoms with Gasteiger partial charge in [0.05, 0.1) is 19.9 Å². The molecular formula is C14H18Cl2N2O2. The fraction of sp³-hybridized carbons (Fsp3) is 0.143. The minimum Gasteiger partial charge on any atom is -0.492 e. The van der Waals surface area contributed by atoms with E-state index in [-0.39, 0.29) is 24.8 Å². The minimum atomic E-state index is 0. The van der Waals surface area contributed by atoms with Gasteiger partial charge in [-0.15, -0.1) is 24.8 Å². The third kappa shape index (κ3) is 3.40. The van der Waals surface area contributed by atoms with E-state index in [9.17, 15) is 0 Å². The van der Waals surface area contributed by atoms with Crippen LogP contribution in [0.2, 0.25) is 0 Å². The summed E-state index contributed by atoms with van der Waals surface area (Å²) in [4.78, 5) is 0. The van der Waals surface area contributed by atoms with Crippen LogP contribution >= 0.6 is 24.8 Å². The van der Waals surface area contributed by atoms with E-state index in [1.807, 2.05) is 30.3 Å². The Morgan fingerprint density at radius 2 is 1.30 bits per heavy atom. The van der Waals surface area contributed by atoms with Crippen LogP contribution in [0, 0.1) is 0 Å². The predicted molar refractivity (Wildman–Crippen MR) is 88.3 cm³/mol. The smallest absolute Gasteiger partial charge is 0.184 e. The molecule has 2 aromatic carbocycles. The average Bonchev–Trinajstić information content (AvgIpc) is 2.39. The quantitative estimate of drug-likeness (QED) is 0.852. The van der Waals surface area contributed by atoms with Crippen LogP contribution in [-0.2, 0) is 0 Å². The fourth-order valence-electron chi connectivity index (χ4n) is 1.88. The number of benzene rings is 2. The van der Waals surface area contributed by atoms with E-state index in [2.05, 4.69) is 0 Å². The molecular weight excluding hydrogens is 299 g/mol. The van der Waals surface area contributed by atoms with Gasteiger partial charge in [-0.05, 0) is 29.8 Å². The Labute approximate surface area is 130 Å². The van der Waals surface area contributed by atoms with E-state index in [0.29, 0.717) is 17.2 Å². The third-order valence-corrected chi connectivity index (χ3v) is 2.77. The summed E-state index contributed by atoms with van der Waals surface area (Å²) in [5.41, 5.74) is 14.7. The first-order valence-electron chi connectivity index (χ1n) is 5.53. The number of ether oxygens (including phenoxy) is 2. The molecule has 0 fully saturated rings. The minimum absolute atomic E-state index is 0. The Morgan fingerprint density at radius 1 is 0.750 bits per heavy atom. The van der Waals surface area contributed by atoms with Gasteiger partial charge in [-0.2, -0.15) is 0 Å². The van der Waals surface area contributed by atoms with E-state index in [0.717, 1.165) is 16.8 Å². The highest BCUT2D eigenvalue weighted by molar-refractivity contribution is 5.85. The van der Waals surface area contributed by atoms with Crippen LogP contribution in [0.3, 0.4) is 0 Å². The molecule has 20 heavy (non-hydrogen) atoms. The maximum Gasteiger partial charge on any atom is 0.184 e. The van der Waals surface area contributed by atoms with Gasteiger partial charge in [0.15, 0.2) is 11.5 Å². The van der Waals surface area contributed by atoms with Crippen molar-refractivity contribution in [3.05, 3.63) is 36.4 Å². The number of rotatable bonds is 3. The van der Waals surface area contributed by atoms with E-state index < -0.39 is 0 Å². The molecule has 2 rings (SSSR count). The SMILES string of the molecule is COc1c(N)ccc(-c2ccc(N)cc2)c1OC.Cl.Cl. The normalized spacial score (nSPS) is 9.10. The lowest BCUT2D eigenvalue weighted by molar-refractivity contribution is 0.358. The summed E-state index contributed by atoms with van der Waals surface area (Å²) < 4.78 is 10.7. The zero-order valence-corrected chi connectivity index (χ0v) is 12.9. The maximum absolute atomic E-state index is 5.85. The highest BCUT2D eigenvalue weighted by Gasteiger charge is 2.14. The van der Waals surface area contributed by atoms with Crippen LogP contribution in [0.25, 0.3) is 11.1 Å². The summed E-state index contributed by atoms with van der Waals surface area (Å²) in [7, 11) is 3.17. The molecule has 2 aromatic rings. The zero-order chi connectivity index (χ0) is 13.1. The molecule has 0 unspecified atom stereocenters. The summed E-state index contributed by atoms with van der Waals surface area (Å²) >= 11 is 0. The number of halogens is 2. The Hall–Kier alpha value is -1.78. The summed E-state index contributed by atoms with van der Waals surface area (Å²) in [5, 5.41) is 0. The number of hydrogen-bond acceptors (Lipinski definition) is 4. The van der Waals surface area contributed by atoms with Gasteiger partial charge in [0, 0.05) is 11.3 Å². The van der Waals surface area contributed by atoms with E-state index in [4.69, 9.17) is 20.9 Å². The summed E-state index contributed by atoms with van der Waals surface area (Å²) in [6.07, 6.45) is 0. The Kier molecular flexibility index (Phi) is 7.04. The fourth-order valence-corrected chi connectivity index (χ4v) is 1.88. The van der Waals surface area contributed by atoms with Crippen LogP contribution in [0.4, 0.5) is 11.4 Å². The number of nitrogen functional groups attached to an aromatic ring is 2. The molecule has 0 saturated carbocycles. The second-order valence-electron chi connectivity index (χ2n) is 3.89. The summed E-state index contributed by atoms with van der Waals surface area (Å²) in [5.74, 6) is 1.18. The topological polar surface area (TPSA) is 70.5 Å². The highest BCUT2D eigenvalue weighted by atomic mass is 35.5. The van der Waals surface area contributed by atoms with Crippen LogP contribution in [0.1, 0.15) is 0 Å². The third-order valence-electron chi connectivity index (χ3n) is 2.77.